The van der Waals surface area contributed by atoms with E-state index in [0.717, 1.165) is 38.8 Å². The number of likely N-dealkylation sites (N-methyl/N-ethyl adjacent to an activating group) is 1. The highest BCUT2D eigenvalue weighted by atomic mass is 16.2. The lowest BCUT2D eigenvalue weighted by Crippen LogP contribution is -2.52. The van der Waals surface area contributed by atoms with Crippen LogP contribution in [0, 0.1) is 0 Å². The van der Waals surface area contributed by atoms with Gasteiger partial charge in [0.15, 0.2) is 0 Å². The van der Waals surface area contributed by atoms with E-state index in [2.05, 4.69) is 53.4 Å². The van der Waals surface area contributed by atoms with Gasteiger partial charge in [-0.3, -0.25) is 9.69 Å². The molecule has 1 aliphatic heterocycles. The van der Waals surface area contributed by atoms with E-state index < -0.39 is 0 Å². The molecule has 2 aromatic carbocycles. The quantitative estimate of drug-likeness (QED) is 0.842. The van der Waals surface area contributed by atoms with Crippen LogP contribution in [-0.4, -0.2) is 41.4 Å². The van der Waals surface area contributed by atoms with E-state index in [1.807, 2.05) is 18.0 Å². The number of rotatable bonds is 4. The number of likely N-dealkylation sites (tertiary alicyclic amines) is 1. The van der Waals surface area contributed by atoms with Gasteiger partial charge in [-0.2, -0.15) is 0 Å². The third kappa shape index (κ3) is 3.54. The Morgan fingerprint density at radius 3 is 2.35 bits per heavy atom. The molecule has 0 bridgehead atoms. The van der Waals surface area contributed by atoms with Crippen molar-refractivity contribution >= 4 is 5.91 Å². The second kappa shape index (κ2) is 7.63. The van der Waals surface area contributed by atoms with Crippen LogP contribution in [0.15, 0.2) is 54.6 Å². The van der Waals surface area contributed by atoms with Crippen molar-refractivity contribution in [1.29, 1.82) is 0 Å². The smallest absolute Gasteiger partial charge is 0.239 e. The first kappa shape index (κ1) is 17.3. The highest BCUT2D eigenvalue weighted by Gasteiger charge is 2.35. The summed E-state index contributed by atoms with van der Waals surface area (Å²) < 4.78 is 0. The molecule has 136 valence electrons. The number of carbonyl (C=O) groups excluding carboxylic acids is 1. The topological polar surface area (TPSA) is 23.6 Å². The molecule has 3 nitrogen and oxygen atoms in total. The molecule has 1 amide bonds. The SMILES string of the molecule is CN(C(=O)[C@@H]1CCCCN1Cc1ccccc1)C1Cc2ccccc2C1. The number of nitrogens with zero attached hydrogens (tertiary/aromatic N) is 2. The second-order valence-corrected chi connectivity index (χ2v) is 7.75. The largest absolute Gasteiger partial charge is 0.341 e. The van der Waals surface area contributed by atoms with Crippen molar-refractivity contribution in [2.45, 2.75) is 50.7 Å². The Morgan fingerprint density at radius 1 is 1.00 bits per heavy atom. The van der Waals surface area contributed by atoms with Crippen molar-refractivity contribution in [3.05, 3.63) is 71.3 Å². The normalized spacial score (nSPS) is 20.7. The van der Waals surface area contributed by atoms with Gasteiger partial charge in [-0.15, -0.1) is 0 Å². The number of fused-ring (bicyclic) bond motifs is 1. The lowest BCUT2D eigenvalue weighted by Gasteiger charge is -2.38. The van der Waals surface area contributed by atoms with Gasteiger partial charge in [0.25, 0.3) is 0 Å². The first-order valence-corrected chi connectivity index (χ1v) is 9.84. The number of hydrogen-bond acceptors (Lipinski definition) is 2. The lowest BCUT2D eigenvalue weighted by atomic mass is 9.99. The van der Waals surface area contributed by atoms with Gasteiger partial charge in [0.2, 0.25) is 5.91 Å². The maximum Gasteiger partial charge on any atom is 0.239 e. The maximum atomic E-state index is 13.3. The van der Waals surface area contributed by atoms with E-state index in [1.54, 1.807) is 0 Å². The van der Waals surface area contributed by atoms with Crippen molar-refractivity contribution in [3.63, 3.8) is 0 Å². The summed E-state index contributed by atoms with van der Waals surface area (Å²) in [7, 11) is 2.01. The summed E-state index contributed by atoms with van der Waals surface area (Å²) in [4.78, 5) is 17.7. The molecule has 0 aromatic heterocycles. The van der Waals surface area contributed by atoms with E-state index in [9.17, 15) is 4.79 Å². The highest BCUT2D eigenvalue weighted by Crippen LogP contribution is 2.27. The molecule has 26 heavy (non-hydrogen) atoms. The monoisotopic (exact) mass is 348 g/mol. The van der Waals surface area contributed by atoms with Crippen LogP contribution in [0.5, 0.6) is 0 Å². The van der Waals surface area contributed by atoms with Gasteiger partial charge in [-0.25, -0.2) is 0 Å². The lowest BCUT2D eigenvalue weighted by molar-refractivity contribution is -0.139. The first-order valence-electron chi connectivity index (χ1n) is 9.84. The number of piperidine rings is 1. The molecule has 0 saturated carbocycles. The summed E-state index contributed by atoms with van der Waals surface area (Å²) in [5.74, 6) is 0.304. The molecular formula is C23H28N2O. The summed E-state index contributed by atoms with van der Waals surface area (Å²) in [6.07, 6.45) is 5.30. The van der Waals surface area contributed by atoms with Crippen LogP contribution in [0.3, 0.4) is 0 Å². The van der Waals surface area contributed by atoms with Crippen molar-refractivity contribution in [2.75, 3.05) is 13.6 Å². The fraction of sp³-hybridized carbons (Fsp3) is 0.435. The Bertz CT molecular complexity index is 733. The Morgan fingerprint density at radius 2 is 1.65 bits per heavy atom. The van der Waals surface area contributed by atoms with Crippen LogP contribution in [0.2, 0.25) is 0 Å². The van der Waals surface area contributed by atoms with Gasteiger partial charge in [-0.05, 0) is 48.9 Å². The summed E-state index contributed by atoms with van der Waals surface area (Å²) >= 11 is 0. The van der Waals surface area contributed by atoms with Crippen LogP contribution in [0.25, 0.3) is 0 Å². The zero-order chi connectivity index (χ0) is 17.9. The fourth-order valence-electron chi connectivity index (χ4n) is 4.50. The number of amides is 1. The second-order valence-electron chi connectivity index (χ2n) is 7.75. The van der Waals surface area contributed by atoms with Gasteiger partial charge in [0.1, 0.15) is 0 Å². The molecule has 1 saturated heterocycles. The Hall–Kier alpha value is -2.13. The van der Waals surface area contributed by atoms with Crippen LogP contribution in [0.1, 0.15) is 36.0 Å². The summed E-state index contributed by atoms with van der Waals surface area (Å²) in [6.45, 7) is 1.89. The van der Waals surface area contributed by atoms with Crippen LogP contribution in [0.4, 0.5) is 0 Å². The van der Waals surface area contributed by atoms with E-state index in [0.29, 0.717) is 11.9 Å². The zero-order valence-electron chi connectivity index (χ0n) is 15.6. The number of carbonyl (C=O) groups is 1. The Balaban J connectivity index is 1.45. The van der Waals surface area contributed by atoms with Crippen molar-refractivity contribution in [2.24, 2.45) is 0 Å². The van der Waals surface area contributed by atoms with Gasteiger partial charge in [-0.1, -0.05) is 61.0 Å². The van der Waals surface area contributed by atoms with E-state index >= 15 is 0 Å². The Kier molecular flexibility index (Phi) is 5.07. The molecule has 0 N–H and O–H groups in total. The molecule has 1 heterocycles. The third-order valence-electron chi connectivity index (χ3n) is 6.05. The number of hydrogen-bond donors (Lipinski definition) is 0. The molecule has 4 rings (SSSR count). The predicted octanol–water partition coefficient (Wildman–Crippen LogP) is 3.67. The van der Waals surface area contributed by atoms with E-state index in [-0.39, 0.29) is 6.04 Å². The molecule has 0 radical (unpaired) electrons. The van der Waals surface area contributed by atoms with Crippen molar-refractivity contribution in [3.8, 4) is 0 Å². The Labute approximate surface area is 156 Å². The molecule has 0 spiro atoms. The third-order valence-corrected chi connectivity index (χ3v) is 6.05. The average Bonchev–Trinajstić information content (AvgIpc) is 3.12. The minimum Gasteiger partial charge on any atom is -0.341 e. The molecule has 1 aliphatic carbocycles. The molecule has 2 aromatic rings. The minimum atomic E-state index is 0.0256. The number of benzene rings is 2. The highest BCUT2D eigenvalue weighted by molar-refractivity contribution is 5.82. The van der Waals surface area contributed by atoms with E-state index in [1.165, 1.54) is 23.1 Å². The molecule has 1 atom stereocenters. The van der Waals surface area contributed by atoms with Gasteiger partial charge in [0, 0.05) is 19.6 Å². The average molecular weight is 348 g/mol. The van der Waals surface area contributed by atoms with Crippen LogP contribution >= 0.6 is 0 Å². The molecule has 0 unspecified atom stereocenters. The standard InChI is InChI=1S/C23H28N2O/c1-24(21-15-19-11-5-6-12-20(19)16-21)23(26)22-13-7-8-14-25(22)17-18-9-3-2-4-10-18/h2-6,9-12,21-22H,7-8,13-17H2,1H3/t22-/m0/s1. The molecular weight excluding hydrogens is 320 g/mol. The summed E-state index contributed by atoms with van der Waals surface area (Å²) in [5, 5.41) is 0. The predicted molar refractivity (Wildman–Crippen MR) is 105 cm³/mol. The van der Waals surface area contributed by atoms with Crippen LogP contribution in [-0.2, 0) is 24.2 Å². The van der Waals surface area contributed by atoms with E-state index in [4.69, 9.17) is 0 Å². The zero-order valence-corrected chi connectivity index (χ0v) is 15.6. The molecule has 2 aliphatic rings. The van der Waals surface area contributed by atoms with Gasteiger partial charge >= 0.3 is 0 Å². The summed E-state index contributed by atoms with van der Waals surface area (Å²) in [6, 6.07) is 19.5. The van der Waals surface area contributed by atoms with Gasteiger partial charge < -0.3 is 4.90 Å². The van der Waals surface area contributed by atoms with Gasteiger partial charge in [0.05, 0.1) is 6.04 Å². The van der Waals surface area contributed by atoms with Crippen molar-refractivity contribution < 1.29 is 4.79 Å². The summed E-state index contributed by atoms with van der Waals surface area (Å²) in [5.41, 5.74) is 4.10. The van der Waals surface area contributed by atoms with Crippen LogP contribution < -0.4 is 0 Å². The molecule has 1 fully saturated rings. The first-order chi connectivity index (χ1) is 12.7. The van der Waals surface area contributed by atoms with Crippen molar-refractivity contribution in [1.82, 2.24) is 9.80 Å². The minimum absolute atomic E-state index is 0.0256. The molecule has 3 heteroatoms. The maximum absolute atomic E-state index is 13.3. The fourth-order valence-corrected chi connectivity index (χ4v) is 4.50.